The summed E-state index contributed by atoms with van der Waals surface area (Å²) in [7, 11) is 1.02. The van der Waals surface area contributed by atoms with Crippen molar-refractivity contribution in [2.75, 3.05) is 7.11 Å². The van der Waals surface area contributed by atoms with Crippen LogP contribution in [0.15, 0.2) is 6.07 Å². The number of alkyl halides is 6. The van der Waals surface area contributed by atoms with Crippen molar-refractivity contribution in [3.8, 4) is 5.88 Å². The first-order valence-corrected chi connectivity index (χ1v) is 6.49. The Balaban J connectivity index is 3.33. The molecular weight excluding hydrogens is 369 g/mol. The number of methoxy groups -OCH3 is 1. The molecule has 0 unspecified atom stereocenters. The molecule has 118 valence electrons. The fourth-order valence-electron chi connectivity index (χ4n) is 1.53. The summed E-state index contributed by atoms with van der Waals surface area (Å²) in [6.07, 6.45) is -8.72. The third-order valence-corrected chi connectivity index (χ3v) is 2.93. The number of nitrogens with zero attached hydrogens (tertiary/aromatic N) is 1. The van der Waals surface area contributed by atoms with Crippen molar-refractivity contribution in [2.24, 2.45) is 0 Å². The van der Waals surface area contributed by atoms with Gasteiger partial charge in [0.25, 0.3) is 6.43 Å². The molecule has 0 atom stereocenters. The molecule has 1 rings (SSSR count). The van der Waals surface area contributed by atoms with E-state index in [0.717, 1.165) is 13.2 Å². The van der Waals surface area contributed by atoms with E-state index in [0.29, 0.717) is 0 Å². The van der Waals surface area contributed by atoms with Gasteiger partial charge in [-0.15, -0.1) is 13.2 Å². The second-order valence-electron chi connectivity index (χ2n) is 3.72. The van der Waals surface area contributed by atoms with Gasteiger partial charge < -0.3 is 9.47 Å². The molecule has 0 saturated heterocycles. The van der Waals surface area contributed by atoms with Gasteiger partial charge in [0, 0.05) is 17.0 Å². The highest BCUT2D eigenvalue weighted by Crippen LogP contribution is 2.32. The van der Waals surface area contributed by atoms with Crippen LogP contribution in [0.1, 0.15) is 23.2 Å². The maximum Gasteiger partial charge on any atom is 0.574 e. The number of carbonyl (C=O) groups excluding carboxylic acids is 1. The zero-order valence-corrected chi connectivity index (χ0v) is 12.1. The largest absolute Gasteiger partial charge is 0.574 e. The highest BCUT2D eigenvalue weighted by molar-refractivity contribution is 9.08. The summed E-state index contributed by atoms with van der Waals surface area (Å²) in [4.78, 5) is 14.5. The van der Waals surface area contributed by atoms with Gasteiger partial charge in [0.05, 0.1) is 19.2 Å². The van der Waals surface area contributed by atoms with Gasteiger partial charge in [-0.2, -0.15) is 0 Å². The van der Waals surface area contributed by atoms with Gasteiger partial charge in [-0.1, -0.05) is 15.9 Å². The predicted octanol–water partition coefficient (Wildman–Crippen LogP) is 3.53. The minimum Gasteiger partial charge on any atom is -0.469 e. The molecule has 0 spiro atoms. The van der Waals surface area contributed by atoms with E-state index >= 15 is 0 Å². The summed E-state index contributed by atoms with van der Waals surface area (Å²) in [6, 6.07) is 0.741. The van der Waals surface area contributed by atoms with Gasteiger partial charge in [-0.3, -0.25) is 4.79 Å². The number of aromatic nitrogens is 1. The molecule has 0 radical (unpaired) electrons. The fourth-order valence-corrected chi connectivity index (χ4v) is 1.99. The Morgan fingerprint density at radius 2 is 2.05 bits per heavy atom. The first kappa shape index (κ1) is 17.6. The molecule has 1 aromatic heterocycles. The van der Waals surface area contributed by atoms with Crippen LogP contribution >= 0.6 is 15.9 Å². The Morgan fingerprint density at radius 1 is 1.43 bits per heavy atom. The zero-order valence-electron chi connectivity index (χ0n) is 10.5. The molecule has 10 heteroatoms. The molecule has 4 nitrogen and oxygen atoms in total. The zero-order chi connectivity index (χ0) is 16.2. The first-order valence-electron chi connectivity index (χ1n) is 5.37. The number of halogens is 6. The van der Waals surface area contributed by atoms with E-state index in [1.54, 1.807) is 0 Å². The molecule has 0 N–H and O–H groups in total. The molecule has 0 aromatic carbocycles. The second-order valence-corrected chi connectivity index (χ2v) is 4.28. The van der Waals surface area contributed by atoms with Crippen molar-refractivity contribution in [3.05, 3.63) is 22.9 Å². The topological polar surface area (TPSA) is 48.4 Å². The van der Waals surface area contributed by atoms with Crippen LogP contribution in [-0.4, -0.2) is 24.4 Å². The summed E-state index contributed by atoms with van der Waals surface area (Å²) in [5, 5.41) is -0.155. The normalized spacial score (nSPS) is 11.6. The summed E-state index contributed by atoms with van der Waals surface area (Å²) in [5.74, 6) is -1.82. The Hall–Kier alpha value is -1.45. The van der Waals surface area contributed by atoms with Crippen LogP contribution < -0.4 is 4.74 Å². The van der Waals surface area contributed by atoms with E-state index in [4.69, 9.17) is 0 Å². The Labute approximate surface area is 124 Å². The summed E-state index contributed by atoms with van der Waals surface area (Å²) in [5.41, 5.74) is -1.29. The van der Waals surface area contributed by atoms with Crippen LogP contribution in [0.25, 0.3) is 0 Å². The monoisotopic (exact) mass is 377 g/mol. The van der Waals surface area contributed by atoms with Gasteiger partial charge >= 0.3 is 12.3 Å². The molecule has 0 amide bonds. The van der Waals surface area contributed by atoms with Gasteiger partial charge in [0.2, 0.25) is 5.88 Å². The molecule has 0 bridgehead atoms. The van der Waals surface area contributed by atoms with Crippen LogP contribution in [0.2, 0.25) is 0 Å². The van der Waals surface area contributed by atoms with Gasteiger partial charge in [0.15, 0.2) is 0 Å². The minimum atomic E-state index is -5.02. The highest BCUT2D eigenvalue weighted by Gasteiger charge is 2.33. The van der Waals surface area contributed by atoms with Crippen LogP contribution in [0, 0.1) is 0 Å². The molecule has 1 heterocycles. The molecule has 0 aliphatic carbocycles. The second kappa shape index (κ2) is 7.01. The third-order valence-electron chi connectivity index (χ3n) is 2.32. The lowest BCUT2D eigenvalue weighted by molar-refractivity contribution is -0.276. The van der Waals surface area contributed by atoms with Crippen molar-refractivity contribution >= 4 is 21.9 Å². The lowest BCUT2D eigenvalue weighted by Gasteiger charge is -2.15. The molecule has 0 fully saturated rings. The van der Waals surface area contributed by atoms with E-state index in [1.807, 2.05) is 0 Å². The van der Waals surface area contributed by atoms with Crippen LogP contribution in [-0.2, 0) is 21.3 Å². The van der Waals surface area contributed by atoms with E-state index in [2.05, 4.69) is 30.4 Å². The Kier molecular flexibility index (Phi) is 5.87. The van der Waals surface area contributed by atoms with Gasteiger partial charge in [0.1, 0.15) is 0 Å². The highest BCUT2D eigenvalue weighted by atomic mass is 79.9. The van der Waals surface area contributed by atoms with Crippen LogP contribution in [0.4, 0.5) is 22.0 Å². The molecular formula is C11H9BrF5NO3. The average molecular weight is 378 g/mol. The molecule has 0 aliphatic rings. The number of pyridine rings is 1. The maximum atomic E-state index is 13.0. The van der Waals surface area contributed by atoms with Crippen molar-refractivity contribution in [2.45, 2.75) is 24.5 Å². The number of carbonyl (C=O) groups is 1. The molecule has 0 aliphatic heterocycles. The van der Waals surface area contributed by atoms with Gasteiger partial charge in [-0.25, -0.2) is 13.8 Å². The van der Waals surface area contributed by atoms with Crippen LogP contribution in [0.3, 0.4) is 0 Å². The van der Waals surface area contributed by atoms with Crippen LogP contribution in [0.5, 0.6) is 5.88 Å². The van der Waals surface area contributed by atoms with Crippen molar-refractivity contribution in [1.29, 1.82) is 0 Å². The van der Waals surface area contributed by atoms with Crippen molar-refractivity contribution in [1.82, 2.24) is 4.98 Å². The molecule has 21 heavy (non-hydrogen) atoms. The van der Waals surface area contributed by atoms with E-state index in [1.165, 1.54) is 0 Å². The maximum absolute atomic E-state index is 13.0. The number of hydrogen-bond acceptors (Lipinski definition) is 4. The minimum absolute atomic E-state index is 0.154. The number of rotatable bonds is 5. The van der Waals surface area contributed by atoms with E-state index in [-0.39, 0.29) is 10.9 Å². The Bertz CT molecular complexity index is 521. The van der Waals surface area contributed by atoms with E-state index in [9.17, 15) is 26.7 Å². The lowest BCUT2D eigenvalue weighted by Crippen LogP contribution is -2.20. The fraction of sp³-hybridized carbons (Fsp3) is 0.455. The number of ether oxygens (including phenoxy) is 2. The average Bonchev–Trinajstić information content (AvgIpc) is 2.35. The Morgan fingerprint density at radius 3 is 2.48 bits per heavy atom. The van der Waals surface area contributed by atoms with Crippen molar-refractivity contribution in [3.63, 3.8) is 0 Å². The number of hydrogen-bond donors (Lipinski definition) is 0. The third kappa shape index (κ3) is 5.10. The summed E-state index contributed by atoms with van der Waals surface area (Å²) >= 11 is 2.89. The summed E-state index contributed by atoms with van der Waals surface area (Å²) in [6.45, 7) is 0. The number of esters is 1. The lowest BCUT2D eigenvalue weighted by atomic mass is 10.1. The quantitative estimate of drug-likeness (QED) is 0.447. The van der Waals surface area contributed by atoms with Gasteiger partial charge in [-0.05, 0) is 5.56 Å². The standard InChI is InChI=1S/C11H9BrF5NO3/c1-20-8(19)3-6-9(10(13)14)5(4-12)2-7(18-6)21-11(15,16)17/h2,10H,3-4H2,1H3. The molecule has 1 aromatic rings. The SMILES string of the molecule is COC(=O)Cc1nc(OC(F)(F)F)cc(CBr)c1C(F)F. The predicted molar refractivity (Wildman–Crippen MR) is 64.2 cm³/mol. The summed E-state index contributed by atoms with van der Waals surface area (Å²) < 4.78 is 70.5. The first-order chi connectivity index (χ1) is 9.67. The molecule has 0 saturated carbocycles. The van der Waals surface area contributed by atoms with E-state index < -0.39 is 42.3 Å². The smallest absolute Gasteiger partial charge is 0.469 e. The van der Waals surface area contributed by atoms with Crippen molar-refractivity contribution < 1.29 is 36.2 Å².